The molecule has 1 saturated carbocycles. The Morgan fingerprint density at radius 2 is 2.03 bits per heavy atom. The van der Waals surface area contributed by atoms with E-state index in [2.05, 4.69) is 15.3 Å². The molecule has 0 saturated heterocycles. The number of halogens is 4. The van der Waals surface area contributed by atoms with Crippen molar-refractivity contribution in [3.05, 3.63) is 63.8 Å². The zero-order chi connectivity index (χ0) is 24.6. The van der Waals surface area contributed by atoms with E-state index in [1.54, 1.807) is 6.92 Å². The first-order valence-corrected chi connectivity index (χ1v) is 12.2. The molecule has 2 aromatic rings. The summed E-state index contributed by atoms with van der Waals surface area (Å²) in [6, 6.07) is 3.47. The van der Waals surface area contributed by atoms with Crippen molar-refractivity contribution in [3.8, 4) is 5.75 Å². The van der Waals surface area contributed by atoms with Crippen molar-refractivity contribution in [2.45, 2.75) is 44.3 Å². The maximum atomic E-state index is 13.8. The molecular weight excluding hydrogens is 483 g/mol. The minimum atomic E-state index is -3.38. The van der Waals surface area contributed by atoms with E-state index in [9.17, 15) is 26.4 Å². The van der Waals surface area contributed by atoms with Crippen LogP contribution in [-0.2, 0) is 9.84 Å². The third-order valence-electron chi connectivity index (χ3n) is 4.84. The Bertz CT molecular complexity index is 1210. The van der Waals surface area contributed by atoms with E-state index in [1.165, 1.54) is 31.2 Å². The quantitative estimate of drug-likeness (QED) is 0.579. The minimum Gasteiger partial charge on any atom is -0.482 e. The molecular formula is C21H21ClF3N3O4S. The number of hydrogen-bond donors (Lipinski definition) is 1. The van der Waals surface area contributed by atoms with Gasteiger partial charge in [-0.15, -0.1) is 0 Å². The molecule has 1 aromatic carbocycles. The molecule has 3 rings (SSSR count). The summed E-state index contributed by atoms with van der Waals surface area (Å²) in [5, 5.41) is 3.25. The van der Waals surface area contributed by atoms with E-state index in [4.69, 9.17) is 16.3 Å². The van der Waals surface area contributed by atoms with Crippen LogP contribution in [-0.4, -0.2) is 42.5 Å². The van der Waals surface area contributed by atoms with Gasteiger partial charge in [0.15, 0.2) is 15.6 Å². The fraction of sp³-hybridized carbons (Fsp3) is 0.381. The lowest BCUT2D eigenvalue weighted by molar-refractivity contribution is 0.0932. The minimum absolute atomic E-state index is 0.0772. The largest absolute Gasteiger partial charge is 0.482 e. The van der Waals surface area contributed by atoms with Gasteiger partial charge < -0.3 is 10.1 Å². The van der Waals surface area contributed by atoms with Crippen LogP contribution < -0.4 is 10.1 Å². The van der Waals surface area contributed by atoms with Gasteiger partial charge >= 0.3 is 0 Å². The molecule has 1 aliphatic carbocycles. The van der Waals surface area contributed by atoms with E-state index in [1.807, 2.05) is 0 Å². The molecule has 33 heavy (non-hydrogen) atoms. The highest BCUT2D eigenvalue weighted by molar-refractivity contribution is 7.93. The van der Waals surface area contributed by atoms with Crippen LogP contribution in [0.5, 0.6) is 5.75 Å². The van der Waals surface area contributed by atoms with Gasteiger partial charge in [-0.1, -0.05) is 29.8 Å². The second kappa shape index (κ2) is 9.30. The summed E-state index contributed by atoms with van der Waals surface area (Å²) in [6.07, 6.45) is 2.07. The Kier molecular flexibility index (Phi) is 7.04. The van der Waals surface area contributed by atoms with Gasteiger partial charge in [-0.05, 0) is 19.9 Å². The number of alkyl halides is 2. The molecule has 0 aliphatic heterocycles. The second-order valence-corrected chi connectivity index (χ2v) is 10.1. The molecule has 3 atom stereocenters. The maximum absolute atomic E-state index is 13.8. The molecule has 0 radical (unpaired) electrons. The Morgan fingerprint density at radius 3 is 2.64 bits per heavy atom. The number of benzene rings is 1. The topological polar surface area (TPSA) is 98.2 Å². The first kappa shape index (κ1) is 25.0. The lowest BCUT2D eigenvalue weighted by Gasteiger charge is -2.19. The molecule has 0 bridgehead atoms. The van der Waals surface area contributed by atoms with Gasteiger partial charge in [0, 0.05) is 29.7 Å². The Balaban J connectivity index is 1.85. The number of rotatable bonds is 8. The number of amides is 1. The molecule has 1 aliphatic rings. The van der Waals surface area contributed by atoms with Crippen LogP contribution in [0.4, 0.5) is 13.2 Å². The van der Waals surface area contributed by atoms with Crippen molar-refractivity contribution < 1.29 is 31.1 Å². The number of aromatic nitrogens is 2. The monoisotopic (exact) mass is 503 g/mol. The SMILES string of the molecule is C[C@H](/C=C/S(C)(=O)=O)NC(=O)c1ncc(O[C@@H](C)c2cccc(F)c2Cl)c([C@H]2CC2(F)F)n1. The third-order valence-corrected chi connectivity index (χ3v) is 5.89. The van der Waals surface area contributed by atoms with Gasteiger partial charge in [0.05, 0.1) is 22.8 Å². The van der Waals surface area contributed by atoms with E-state index in [-0.39, 0.29) is 22.3 Å². The summed E-state index contributed by atoms with van der Waals surface area (Å²) in [4.78, 5) is 20.4. The van der Waals surface area contributed by atoms with Crippen molar-refractivity contribution in [1.82, 2.24) is 15.3 Å². The molecule has 1 N–H and O–H groups in total. The van der Waals surface area contributed by atoms with Gasteiger partial charge in [0.1, 0.15) is 11.9 Å². The lowest BCUT2D eigenvalue weighted by atomic mass is 10.1. The number of nitrogens with zero attached hydrogens (tertiary/aromatic N) is 2. The van der Waals surface area contributed by atoms with Crippen molar-refractivity contribution in [2.24, 2.45) is 0 Å². The summed E-state index contributed by atoms with van der Waals surface area (Å²) >= 11 is 5.98. The summed E-state index contributed by atoms with van der Waals surface area (Å²) < 4.78 is 69.6. The molecule has 0 spiro atoms. The van der Waals surface area contributed by atoms with Crippen LogP contribution in [0, 0.1) is 5.82 Å². The van der Waals surface area contributed by atoms with Crippen LogP contribution in [0.1, 0.15) is 54.2 Å². The van der Waals surface area contributed by atoms with Crippen LogP contribution in [0.25, 0.3) is 0 Å². The number of nitrogens with one attached hydrogen (secondary N) is 1. The van der Waals surface area contributed by atoms with Crippen LogP contribution in [0.3, 0.4) is 0 Å². The molecule has 7 nitrogen and oxygen atoms in total. The van der Waals surface area contributed by atoms with Gasteiger partial charge in [0.2, 0.25) is 5.82 Å². The highest BCUT2D eigenvalue weighted by Crippen LogP contribution is 2.57. The number of hydrogen-bond acceptors (Lipinski definition) is 6. The number of sulfone groups is 1. The number of carbonyl (C=O) groups is 1. The summed E-state index contributed by atoms with van der Waals surface area (Å²) in [5.74, 6) is -6.16. The van der Waals surface area contributed by atoms with E-state index < -0.39 is 52.0 Å². The average molecular weight is 504 g/mol. The fourth-order valence-electron chi connectivity index (χ4n) is 3.01. The number of ether oxygens (including phenoxy) is 1. The smallest absolute Gasteiger partial charge is 0.289 e. The standard InChI is InChI=1S/C21H21ClF3N3O4S/c1-11(7-8-33(3,30)31)27-20(29)19-26-10-16(18(28-19)14-9-21(14,24)25)32-12(2)13-5-4-6-15(23)17(13)22/h4-8,10-12,14H,9H2,1-3H3,(H,27,29)/b8-7+/t11-,12+,14-/m1/s1. The Hall–Kier alpha value is -2.66. The summed E-state index contributed by atoms with van der Waals surface area (Å²) in [7, 11) is -3.38. The molecule has 178 valence electrons. The van der Waals surface area contributed by atoms with Crippen molar-refractivity contribution >= 4 is 27.3 Å². The predicted octanol–water partition coefficient (Wildman–Crippen LogP) is 4.21. The van der Waals surface area contributed by atoms with Gasteiger partial charge in [-0.25, -0.2) is 31.6 Å². The maximum Gasteiger partial charge on any atom is 0.289 e. The average Bonchev–Trinajstić information content (AvgIpc) is 3.36. The van der Waals surface area contributed by atoms with Gasteiger partial charge in [-0.2, -0.15) is 0 Å². The summed E-state index contributed by atoms with van der Waals surface area (Å²) in [6.45, 7) is 3.09. The highest BCUT2D eigenvalue weighted by atomic mass is 35.5. The van der Waals surface area contributed by atoms with E-state index in [0.29, 0.717) is 5.56 Å². The van der Waals surface area contributed by atoms with Gasteiger partial charge in [0.25, 0.3) is 11.8 Å². The second-order valence-electron chi connectivity index (χ2n) is 7.78. The van der Waals surface area contributed by atoms with Crippen molar-refractivity contribution in [2.75, 3.05) is 6.26 Å². The van der Waals surface area contributed by atoms with Crippen molar-refractivity contribution in [3.63, 3.8) is 0 Å². The highest BCUT2D eigenvalue weighted by Gasteiger charge is 2.60. The number of carbonyl (C=O) groups excluding carboxylic acids is 1. The molecule has 1 fully saturated rings. The molecule has 0 unspecified atom stereocenters. The third kappa shape index (κ3) is 6.23. The summed E-state index contributed by atoms with van der Waals surface area (Å²) in [5.41, 5.74) is 0.150. The first-order chi connectivity index (χ1) is 15.3. The fourth-order valence-corrected chi connectivity index (χ4v) is 3.81. The molecule has 1 heterocycles. The van der Waals surface area contributed by atoms with Crippen LogP contribution in [0.2, 0.25) is 5.02 Å². The van der Waals surface area contributed by atoms with Gasteiger partial charge in [-0.3, -0.25) is 4.79 Å². The Morgan fingerprint density at radius 1 is 1.36 bits per heavy atom. The van der Waals surface area contributed by atoms with E-state index in [0.717, 1.165) is 17.9 Å². The zero-order valence-electron chi connectivity index (χ0n) is 17.9. The van der Waals surface area contributed by atoms with E-state index >= 15 is 0 Å². The predicted molar refractivity (Wildman–Crippen MR) is 116 cm³/mol. The lowest BCUT2D eigenvalue weighted by Crippen LogP contribution is -2.32. The molecule has 1 aromatic heterocycles. The van der Waals surface area contributed by atoms with Crippen LogP contribution >= 0.6 is 11.6 Å². The van der Waals surface area contributed by atoms with Crippen LogP contribution in [0.15, 0.2) is 35.9 Å². The first-order valence-electron chi connectivity index (χ1n) is 9.83. The zero-order valence-corrected chi connectivity index (χ0v) is 19.4. The molecule has 1 amide bonds. The Labute approximate surface area is 193 Å². The normalized spacial score (nSPS) is 19.2. The van der Waals surface area contributed by atoms with Crippen molar-refractivity contribution in [1.29, 1.82) is 0 Å². The molecule has 12 heteroatoms.